The van der Waals surface area contributed by atoms with Crippen molar-refractivity contribution in [1.82, 2.24) is 4.57 Å². The van der Waals surface area contributed by atoms with E-state index in [9.17, 15) is 19.2 Å². The van der Waals surface area contributed by atoms with E-state index in [0.717, 1.165) is 18.2 Å². The number of hydrogen-bond donors (Lipinski definition) is 0. The molecule has 0 unspecified atom stereocenters. The molecule has 3 rings (SSSR count). The summed E-state index contributed by atoms with van der Waals surface area (Å²) in [6.45, 7) is 0.453. The summed E-state index contributed by atoms with van der Waals surface area (Å²) in [4.78, 5) is 48.8. The first-order chi connectivity index (χ1) is 14.5. The van der Waals surface area contributed by atoms with Crippen molar-refractivity contribution in [3.8, 4) is 0 Å². The van der Waals surface area contributed by atoms with E-state index < -0.39 is 29.4 Å². The normalized spacial score (nSPS) is 10.4. The Balaban J connectivity index is 1.99. The molecule has 0 aliphatic rings. The molecule has 0 fully saturated rings. The van der Waals surface area contributed by atoms with Crippen molar-refractivity contribution >= 4 is 17.5 Å². The van der Waals surface area contributed by atoms with Gasteiger partial charge in [0.15, 0.2) is 11.2 Å². The predicted octanol–water partition coefficient (Wildman–Crippen LogP) is 2.80. The van der Waals surface area contributed by atoms with Crippen LogP contribution in [0.1, 0.15) is 33.5 Å². The zero-order chi connectivity index (χ0) is 21.5. The number of pyridine rings is 1. The van der Waals surface area contributed by atoms with Gasteiger partial charge in [-0.3, -0.25) is 14.4 Å². The van der Waals surface area contributed by atoms with Gasteiger partial charge in [-0.25, -0.2) is 4.79 Å². The lowest BCUT2D eigenvalue weighted by atomic mass is 10.0. The van der Waals surface area contributed by atoms with Gasteiger partial charge in [-0.1, -0.05) is 60.7 Å². The van der Waals surface area contributed by atoms with Crippen LogP contribution in [0, 0.1) is 0 Å². The molecule has 3 aromatic rings. The van der Waals surface area contributed by atoms with E-state index >= 15 is 0 Å². The van der Waals surface area contributed by atoms with Gasteiger partial charge in [-0.05, 0) is 11.1 Å². The number of Topliss-reactive ketones (excluding diaryl/α,β-unsaturated/α-hetero) is 2. The molecule has 152 valence electrons. The van der Waals surface area contributed by atoms with E-state index in [1.807, 2.05) is 60.7 Å². The molecule has 6 heteroatoms. The molecule has 0 amide bonds. The Morgan fingerprint density at radius 1 is 0.867 bits per heavy atom. The number of ether oxygens (including phenoxy) is 1. The number of rotatable bonds is 8. The third-order valence-corrected chi connectivity index (χ3v) is 4.63. The molecule has 0 atom stereocenters. The van der Waals surface area contributed by atoms with Crippen molar-refractivity contribution in [3.05, 3.63) is 106 Å². The van der Waals surface area contributed by atoms with Crippen molar-refractivity contribution in [1.29, 1.82) is 0 Å². The van der Waals surface area contributed by atoms with Gasteiger partial charge in [-0.15, -0.1) is 0 Å². The summed E-state index contributed by atoms with van der Waals surface area (Å²) in [5, 5.41) is 0. The monoisotopic (exact) mass is 403 g/mol. The molecule has 30 heavy (non-hydrogen) atoms. The topological polar surface area (TPSA) is 82.4 Å². The smallest absolute Gasteiger partial charge is 0.374 e. The van der Waals surface area contributed by atoms with Crippen LogP contribution in [0.3, 0.4) is 0 Å². The highest BCUT2D eigenvalue weighted by Gasteiger charge is 2.22. The van der Waals surface area contributed by atoms with Crippen LogP contribution in [0.5, 0.6) is 0 Å². The number of carbonyl (C=O) groups excluding carboxylic acids is 3. The first kappa shape index (κ1) is 20.9. The van der Waals surface area contributed by atoms with E-state index in [2.05, 4.69) is 4.74 Å². The average molecular weight is 403 g/mol. The third-order valence-electron chi connectivity index (χ3n) is 4.63. The lowest BCUT2D eigenvalue weighted by molar-refractivity contribution is -0.151. The van der Waals surface area contributed by atoms with E-state index in [-0.39, 0.29) is 5.56 Å². The lowest BCUT2D eigenvalue weighted by Crippen LogP contribution is -2.26. The van der Waals surface area contributed by atoms with Gasteiger partial charge in [0.05, 0.1) is 19.1 Å². The highest BCUT2D eigenvalue weighted by Crippen LogP contribution is 2.11. The largest absolute Gasteiger partial charge is 0.463 e. The van der Waals surface area contributed by atoms with Gasteiger partial charge < -0.3 is 9.30 Å². The molecular formula is C24H21NO5. The van der Waals surface area contributed by atoms with Crippen molar-refractivity contribution in [2.24, 2.45) is 0 Å². The van der Waals surface area contributed by atoms with Crippen LogP contribution >= 0.6 is 0 Å². The first-order valence-electron chi connectivity index (χ1n) is 9.43. The quantitative estimate of drug-likeness (QED) is 0.250. The number of carbonyl (C=O) groups is 3. The molecule has 0 spiro atoms. The number of benzene rings is 2. The minimum atomic E-state index is -1.10. The molecule has 0 radical (unpaired) electrons. The Labute approximate surface area is 173 Å². The molecular weight excluding hydrogens is 382 g/mol. The average Bonchev–Trinajstić information content (AvgIpc) is 2.76. The summed E-state index contributed by atoms with van der Waals surface area (Å²) >= 11 is 0. The van der Waals surface area contributed by atoms with Gasteiger partial charge in [-0.2, -0.15) is 0 Å². The van der Waals surface area contributed by atoms with Crippen LogP contribution in [0.4, 0.5) is 0 Å². The SMILES string of the molecule is COC(=O)C(=O)CC(=O)c1cn(Cc2ccccc2)cc(Cc2ccccc2)c1=O. The van der Waals surface area contributed by atoms with Crippen LogP contribution in [0.15, 0.2) is 77.9 Å². The number of hydrogen-bond acceptors (Lipinski definition) is 5. The van der Waals surface area contributed by atoms with Gasteiger partial charge in [0, 0.05) is 30.9 Å². The number of nitrogens with zero attached hydrogens (tertiary/aromatic N) is 1. The second kappa shape index (κ2) is 9.60. The van der Waals surface area contributed by atoms with Crippen LogP contribution in [-0.2, 0) is 27.3 Å². The van der Waals surface area contributed by atoms with Gasteiger partial charge in [0.25, 0.3) is 0 Å². The third kappa shape index (κ3) is 5.17. The van der Waals surface area contributed by atoms with Crippen molar-refractivity contribution < 1.29 is 19.1 Å². The summed E-state index contributed by atoms with van der Waals surface area (Å²) in [6.07, 6.45) is 2.81. The second-order valence-electron chi connectivity index (χ2n) is 6.86. The summed E-state index contributed by atoms with van der Waals surface area (Å²) in [5.74, 6) is -2.79. The van der Waals surface area contributed by atoms with Crippen LogP contribution < -0.4 is 5.43 Å². The minimum absolute atomic E-state index is 0.114. The van der Waals surface area contributed by atoms with E-state index in [0.29, 0.717) is 18.5 Å². The number of ketones is 2. The zero-order valence-electron chi connectivity index (χ0n) is 16.5. The fraction of sp³-hybridized carbons (Fsp3) is 0.167. The van der Waals surface area contributed by atoms with Gasteiger partial charge in [0.2, 0.25) is 5.78 Å². The van der Waals surface area contributed by atoms with Crippen molar-refractivity contribution in [3.63, 3.8) is 0 Å². The number of esters is 1. The van der Waals surface area contributed by atoms with Crippen molar-refractivity contribution in [2.75, 3.05) is 7.11 Å². The Morgan fingerprint density at radius 3 is 2.07 bits per heavy atom. The first-order valence-corrected chi connectivity index (χ1v) is 9.43. The molecule has 0 saturated carbocycles. The Kier molecular flexibility index (Phi) is 6.70. The molecule has 0 N–H and O–H groups in total. The second-order valence-corrected chi connectivity index (χ2v) is 6.86. The molecule has 0 saturated heterocycles. The maximum Gasteiger partial charge on any atom is 0.374 e. The van der Waals surface area contributed by atoms with Crippen molar-refractivity contribution in [2.45, 2.75) is 19.4 Å². The minimum Gasteiger partial charge on any atom is -0.463 e. The van der Waals surface area contributed by atoms with E-state index in [1.54, 1.807) is 10.8 Å². The molecule has 0 aliphatic carbocycles. The van der Waals surface area contributed by atoms with E-state index in [4.69, 9.17) is 0 Å². The maximum absolute atomic E-state index is 13.0. The van der Waals surface area contributed by atoms with Gasteiger partial charge in [0.1, 0.15) is 0 Å². The Morgan fingerprint density at radius 2 is 1.47 bits per heavy atom. The van der Waals surface area contributed by atoms with E-state index in [1.165, 1.54) is 6.20 Å². The summed E-state index contributed by atoms with van der Waals surface area (Å²) in [5.41, 5.74) is 1.81. The summed E-state index contributed by atoms with van der Waals surface area (Å²) in [7, 11) is 1.07. The molecule has 0 bridgehead atoms. The highest BCUT2D eigenvalue weighted by molar-refractivity contribution is 6.38. The molecule has 1 heterocycles. The van der Waals surface area contributed by atoms with Gasteiger partial charge >= 0.3 is 5.97 Å². The molecule has 1 aromatic heterocycles. The van der Waals surface area contributed by atoms with Crippen LogP contribution in [-0.4, -0.2) is 29.2 Å². The zero-order valence-corrected chi connectivity index (χ0v) is 16.5. The van der Waals surface area contributed by atoms with Crippen LogP contribution in [0.25, 0.3) is 0 Å². The lowest BCUT2D eigenvalue weighted by Gasteiger charge is -2.12. The fourth-order valence-electron chi connectivity index (χ4n) is 3.15. The number of methoxy groups -OCH3 is 1. The highest BCUT2D eigenvalue weighted by atomic mass is 16.5. The summed E-state index contributed by atoms with van der Waals surface area (Å²) < 4.78 is 6.12. The molecule has 6 nitrogen and oxygen atoms in total. The molecule has 0 aliphatic heterocycles. The Bertz CT molecular complexity index is 1120. The number of aromatic nitrogens is 1. The predicted molar refractivity (Wildman–Crippen MR) is 111 cm³/mol. The van der Waals surface area contributed by atoms with Crippen LogP contribution in [0.2, 0.25) is 0 Å². The summed E-state index contributed by atoms with van der Waals surface area (Å²) in [6, 6.07) is 19.0. The Hall–Kier alpha value is -3.80. The standard InChI is InChI=1S/C24H21NO5/c1-30-24(29)22(27)13-21(26)20-16-25(14-18-10-6-3-7-11-18)15-19(23(20)28)12-17-8-4-2-5-9-17/h2-11,15-16H,12-14H2,1H3. The molecule has 2 aromatic carbocycles. The fourth-order valence-corrected chi connectivity index (χ4v) is 3.15. The maximum atomic E-state index is 13.0.